The molecule has 0 amide bonds. The highest BCUT2D eigenvalue weighted by atomic mass is 32.1. The first-order chi connectivity index (χ1) is 14.2. The van der Waals surface area contributed by atoms with Crippen LogP contribution in [-0.4, -0.2) is 48.2 Å². The van der Waals surface area contributed by atoms with Gasteiger partial charge in [-0.2, -0.15) is 0 Å². The SMILES string of the molecule is Cc1ccc(CN(C)c2nc(CN3CCOCC3)nc3sc4c(c23)CCC4)cc1. The van der Waals surface area contributed by atoms with Gasteiger partial charge in [-0.3, -0.25) is 4.90 Å². The molecule has 0 spiro atoms. The van der Waals surface area contributed by atoms with E-state index >= 15 is 0 Å². The molecule has 2 aromatic heterocycles. The lowest BCUT2D eigenvalue weighted by Crippen LogP contribution is -2.36. The van der Waals surface area contributed by atoms with Crippen LogP contribution in [0, 0.1) is 6.92 Å². The van der Waals surface area contributed by atoms with E-state index in [0.717, 1.165) is 57.5 Å². The number of hydrogen-bond donors (Lipinski definition) is 0. The van der Waals surface area contributed by atoms with Gasteiger partial charge in [0.2, 0.25) is 0 Å². The summed E-state index contributed by atoms with van der Waals surface area (Å²) in [4.78, 5) is 17.5. The maximum atomic E-state index is 5.50. The highest BCUT2D eigenvalue weighted by molar-refractivity contribution is 7.19. The largest absolute Gasteiger partial charge is 0.379 e. The van der Waals surface area contributed by atoms with Gasteiger partial charge < -0.3 is 9.64 Å². The van der Waals surface area contributed by atoms with Crippen LogP contribution in [-0.2, 0) is 30.7 Å². The van der Waals surface area contributed by atoms with E-state index in [1.165, 1.54) is 44.6 Å². The van der Waals surface area contributed by atoms with Crippen molar-refractivity contribution < 1.29 is 4.74 Å². The summed E-state index contributed by atoms with van der Waals surface area (Å²) < 4.78 is 5.50. The fourth-order valence-electron chi connectivity index (χ4n) is 4.37. The number of benzene rings is 1. The summed E-state index contributed by atoms with van der Waals surface area (Å²) in [6.45, 7) is 7.30. The maximum Gasteiger partial charge on any atom is 0.146 e. The van der Waals surface area contributed by atoms with Crippen LogP contribution in [0.25, 0.3) is 10.2 Å². The van der Waals surface area contributed by atoms with Crippen molar-refractivity contribution >= 4 is 27.4 Å². The van der Waals surface area contributed by atoms with Gasteiger partial charge in [-0.15, -0.1) is 11.3 Å². The van der Waals surface area contributed by atoms with Crippen LogP contribution < -0.4 is 4.90 Å². The molecule has 5 nitrogen and oxygen atoms in total. The minimum Gasteiger partial charge on any atom is -0.379 e. The first kappa shape index (κ1) is 19.0. The predicted octanol–water partition coefficient (Wildman–Crippen LogP) is 3.96. The molecule has 0 radical (unpaired) electrons. The van der Waals surface area contributed by atoms with Crippen LogP contribution in [0.1, 0.15) is 33.8 Å². The molecule has 29 heavy (non-hydrogen) atoms. The van der Waals surface area contributed by atoms with Gasteiger partial charge in [0, 0.05) is 31.6 Å². The number of aromatic nitrogens is 2. The third-order valence-electron chi connectivity index (χ3n) is 5.96. The summed E-state index contributed by atoms with van der Waals surface area (Å²) in [5.41, 5.74) is 4.10. The molecule has 0 atom stereocenters. The van der Waals surface area contributed by atoms with Crippen molar-refractivity contribution in [3.8, 4) is 0 Å². The molecule has 3 heterocycles. The summed E-state index contributed by atoms with van der Waals surface area (Å²) >= 11 is 1.88. The summed E-state index contributed by atoms with van der Waals surface area (Å²) in [6, 6.07) is 8.81. The zero-order valence-corrected chi connectivity index (χ0v) is 18.1. The van der Waals surface area contributed by atoms with Gasteiger partial charge in [-0.05, 0) is 37.3 Å². The Morgan fingerprint density at radius 1 is 1.10 bits per heavy atom. The third kappa shape index (κ3) is 3.89. The molecule has 0 N–H and O–H groups in total. The summed E-state index contributed by atoms with van der Waals surface area (Å²) in [5, 5.41) is 1.29. The quantitative estimate of drug-likeness (QED) is 0.639. The minimum absolute atomic E-state index is 0.799. The number of fused-ring (bicyclic) bond motifs is 3. The normalized spacial score (nSPS) is 17.0. The molecule has 0 unspecified atom stereocenters. The molecule has 0 bridgehead atoms. The van der Waals surface area contributed by atoms with Crippen molar-refractivity contribution in [1.29, 1.82) is 0 Å². The second-order valence-electron chi connectivity index (χ2n) is 8.23. The molecule has 0 saturated carbocycles. The van der Waals surface area contributed by atoms with Crippen molar-refractivity contribution in [2.45, 2.75) is 39.3 Å². The lowest BCUT2D eigenvalue weighted by molar-refractivity contribution is 0.0331. The zero-order valence-electron chi connectivity index (χ0n) is 17.3. The van der Waals surface area contributed by atoms with Crippen molar-refractivity contribution in [2.24, 2.45) is 0 Å². The Balaban J connectivity index is 1.51. The number of rotatable bonds is 5. The van der Waals surface area contributed by atoms with Crippen LogP contribution in [0.3, 0.4) is 0 Å². The lowest BCUT2D eigenvalue weighted by atomic mass is 10.1. The summed E-state index contributed by atoms with van der Waals surface area (Å²) in [6.07, 6.45) is 3.61. The van der Waals surface area contributed by atoms with Crippen LogP contribution >= 0.6 is 11.3 Å². The lowest BCUT2D eigenvalue weighted by Gasteiger charge is -2.26. The highest BCUT2D eigenvalue weighted by Gasteiger charge is 2.24. The van der Waals surface area contributed by atoms with E-state index in [2.05, 4.69) is 48.0 Å². The van der Waals surface area contributed by atoms with E-state index in [1.807, 2.05) is 11.3 Å². The second kappa shape index (κ2) is 8.01. The van der Waals surface area contributed by atoms with Crippen LogP contribution in [0.15, 0.2) is 24.3 Å². The van der Waals surface area contributed by atoms with E-state index in [0.29, 0.717) is 0 Å². The Morgan fingerprint density at radius 2 is 1.90 bits per heavy atom. The van der Waals surface area contributed by atoms with Gasteiger partial charge in [0.1, 0.15) is 16.5 Å². The number of anilines is 1. The predicted molar refractivity (Wildman–Crippen MR) is 119 cm³/mol. The van der Waals surface area contributed by atoms with E-state index in [9.17, 15) is 0 Å². The zero-order chi connectivity index (χ0) is 19.8. The van der Waals surface area contributed by atoms with Crippen molar-refractivity contribution in [3.63, 3.8) is 0 Å². The first-order valence-electron chi connectivity index (χ1n) is 10.6. The third-order valence-corrected chi connectivity index (χ3v) is 7.15. The Kier molecular flexibility index (Phi) is 5.24. The van der Waals surface area contributed by atoms with Crippen LogP contribution in [0.2, 0.25) is 0 Å². The Labute approximate surface area is 176 Å². The number of ether oxygens (including phenoxy) is 1. The number of nitrogens with zero attached hydrogens (tertiary/aromatic N) is 4. The van der Waals surface area contributed by atoms with Gasteiger partial charge in [0.25, 0.3) is 0 Å². The molecule has 6 heteroatoms. The number of hydrogen-bond acceptors (Lipinski definition) is 6. The summed E-state index contributed by atoms with van der Waals surface area (Å²) in [5.74, 6) is 2.03. The first-order valence-corrected chi connectivity index (χ1v) is 11.4. The number of aryl methyl sites for hydroxylation is 3. The molecule has 1 aromatic carbocycles. The second-order valence-corrected chi connectivity index (χ2v) is 9.31. The molecule has 1 aliphatic carbocycles. The smallest absolute Gasteiger partial charge is 0.146 e. The van der Waals surface area contributed by atoms with Crippen LogP contribution in [0.5, 0.6) is 0 Å². The van der Waals surface area contributed by atoms with E-state index in [-0.39, 0.29) is 0 Å². The number of thiophene rings is 1. The van der Waals surface area contributed by atoms with Crippen molar-refractivity contribution in [1.82, 2.24) is 14.9 Å². The summed E-state index contributed by atoms with van der Waals surface area (Å²) in [7, 11) is 2.17. The fourth-order valence-corrected chi connectivity index (χ4v) is 5.64. The Hall–Kier alpha value is -2.02. The molecule has 3 aromatic rings. The highest BCUT2D eigenvalue weighted by Crippen LogP contribution is 2.40. The molecular weight excluding hydrogens is 380 g/mol. The molecule has 152 valence electrons. The van der Waals surface area contributed by atoms with Gasteiger partial charge >= 0.3 is 0 Å². The topological polar surface area (TPSA) is 41.5 Å². The van der Waals surface area contributed by atoms with Crippen molar-refractivity contribution in [2.75, 3.05) is 38.3 Å². The van der Waals surface area contributed by atoms with E-state index < -0.39 is 0 Å². The minimum atomic E-state index is 0.799. The monoisotopic (exact) mass is 408 g/mol. The maximum absolute atomic E-state index is 5.50. The molecule has 1 saturated heterocycles. The fraction of sp³-hybridized carbons (Fsp3) is 0.478. The molecule has 1 fully saturated rings. The average Bonchev–Trinajstić information content (AvgIpc) is 3.31. The standard InChI is InChI=1S/C23H28N4OS/c1-16-6-8-17(9-7-16)14-26(2)22-21-18-4-3-5-19(18)29-23(21)25-20(24-22)15-27-10-12-28-13-11-27/h6-9H,3-5,10-15H2,1-2H3. The van der Waals surface area contributed by atoms with Gasteiger partial charge in [-0.1, -0.05) is 29.8 Å². The van der Waals surface area contributed by atoms with Crippen LogP contribution in [0.4, 0.5) is 5.82 Å². The van der Waals surface area contributed by atoms with Gasteiger partial charge in [0.05, 0.1) is 25.1 Å². The molecule has 2 aliphatic rings. The average molecular weight is 409 g/mol. The Morgan fingerprint density at radius 3 is 2.69 bits per heavy atom. The van der Waals surface area contributed by atoms with Crippen molar-refractivity contribution in [3.05, 3.63) is 51.7 Å². The van der Waals surface area contributed by atoms with E-state index in [4.69, 9.17) is 14.7 Å². The molecule has 1 aliphatic heterocycles. The Bertz CT molecular complexity index is 1010. The number of morpholine rings is 1. The van der Waals surface area contributed by atoms with Gasteiger partial charge in [0.15, 0.2) is 0 Å². The van der Waals surface area contributed by atoms with Gasteiger partial charge in [-0.25, -0.2) is 9.97 Å². The molecular formula is C23H28N4OS. The molecule has 5 rings (SSSR count). The van der Waals surface area contributed by atoms with E-state index in [1.54, 1.807) is 0 Å².